The molecular weight excluding hydrogens is 298 g/mol. The van der Waals surface area contributed by atoms with Crippen LogP contribution in [0.3, 0.4) is 0 Å². The summed E-state index contributed by atoms with van der Waals surface area (Å²) in [5.74, 6) is 0. The van der Waals surface area contributed by atoms with E-state index < -0.39 is 0 Å². The van der Waals surface area contributed by atoms with Gasteiger partial charge in [-0.2, -0.15) is 0 Å². The van der Waals surface area contributed by atoms with Crippen molar-refractivity contribution in [2.24, 2.45) is 0 Å². The van der Waals surface area contributed by atoms with E-state index in [1.807, 2.05) is 6.07 Å². The van der Waals surface area contributed by atoms with Gasteiger partial charge in [0.05, 0.1) is 5.69 Å². The van der Waals surface area contributed by atoms with Gasteiger partial charge in [-0.1, -0.05) is 25.1 Å². The monoisotopic (exact) mass is 325 g/mol. The Balaban J connectivity index is 1.77. The minimum absolute atomic E-state index is 0.0444. The molecular formula is C20H27N3O. The number of aryl methyl sites for hydroxylation is 1. The molecule has 0 spiro atoms. The van der Waals surface area contributed by atoms with Gasteiger partial charge in [-0.15, -0.1) is 0 Å². The molecule has 0 radical (unpaired) electrons. The van der Waals surface area contributed by atoms with Gasteiger partial charge in [0, 0.05) is 30.9 Å². The minimum Gasteiger partial charge on any atom is -0.371 e. The number of aromatic amines is 1. The van der Waals surface area contributed by atoms with Crippen LogP contribution in [0, 0.1) is 0 Å². The standard InChI is InChI=1S/C20H27N3O/c1-4-15-7-10-19(24)21-20(15)16-5-8-18(9-6-16)23-13-11-17(12-14-23)22(2)3/h5-10,17H,4,11-14H2,1-3H3,(H,21,24). The lowest BCUT2D eigenvalue weighted by molar-refractivity contribution is 0.249. The van der Waals surface area contributed by atoms with Crippen LogP contribution in [0.4, 0.5) is 5.69 Å². The van der Waals surface area contributed by atoms with E-state index in [4.69, 9.17) is 0 Å². The highest BCUT2D eigenvalue weighted by molar-refractivity contribution is 5.66. The van der Waals surface area contributed by atoms with Gasteiger partial charge in [-0.25, -0.2) is 0 Å². The van der Waals surface area contributed by atoms with E-state index in [-0.39, 0.29) is 5.56 Å². The molecule has 1 aliphatic rings. The second-order valence-corrected chi connectivity index (χ2v) is 6.81. The summed E-state index contributed by atoms with van der Waals surface area (Å²) >= 11 is 0. The molecule has 1 aliphatic heterocycles. The summed E-state index contributed by atoms with van der Waals surface area (Å²) in [5, 5.41) is 0. The SMILES string of the molecule is CCc1ccc(=O)[nH]c1-c1ccc(N2CCC(N(C)C)CC2)cc1. The number of hydrogen-bond acceptors (Lipinski definition) is 3. The summed E-state index contributed by atoms with van der Waals surface area (Å²) in [7, 11) is 4.34. The van der Waals surface area contributed by atoms with Crippen LogP contribution in [0.2, 0.25) is 0 Å². The van der Waals surface area contributed by atoms with E-state index in [1.165, 1.54) is 24.1 Å². The van der Waals surface area contributed by atoms with E-state index in [0.717, 1.165) is 30.8 Å². The van der Waals surface area contributed by atoms with Crippen molar-refractivity contribution in [3.63, 3.8) is 0 Å². The summed E-state index contributed by atoms with van der Waals surface area (Å²) in [5.41, 5.74) is 4.43. The molecule has 0 aliphatic carbocycles. The van der Waals surface area contributed by atoms with Crippen LogP contribution in [0.15, 0.2) is 41.2 Å². The van der Waals surface area contributed by atoms with Crippen molar-refractivity contribution in [1.82, 2.24) is 9.88 Å². The third kappa shape index (κ3) is 3.54. The van der Waals surface area contributed by atoms with Crippen LogP contribution in [0.1, 0.15) is 25.3 Å². The number of benzene rings is 1. The quantitative estimate of drug-likeness (QED) is 0.939. The molecule has 1 aromatic carbocycles. The van der Waals surface area contributed by atoms with Gasteiger partial charge in [0.2, 0.25) is 5.56 Å². The number of nitrogens with zero attached hydrogens (tertiary/aromatic N) is 2. The lowest BCUT2D eigenvalue weighted by Crippen LogP contribution is -2.41. The van der Waals surface area contributed by atoms with E-state index in [2.05, 4.69) is 60.1 Å². The smallest absolute Gasteiger partial charge is 0.248 e. The Morgan fingerprint density at radius 2 is 1.75 bits per heavy atom. The fraction of sp³-hybridized carbons (Fsp3) is 0.450. The first-order chi connectivity index (χ1) is 11.6. The fourth-order valence-corrected chi connectivity index (χ4v) is 3.54. The van der Waals surface area contributed by atoms with E-state index in [9.17, 15) is 4.79 Å². The van der Waals surface area contributed by atoms with Crippen molar-refractivity contribution in [3.05, 3.63) is 52.3 Å². The summed E-state index contributed by atoms with van der Waals surface area (Å²) in [6.45, 7) is 4.32. The zero-order valence-electron chi connectivity index (χ0n) is 14.9. The normalized spacial score (nSPS) is 15.9. The lowest BCUT2D eigenvalue weighted by atomic mass is 10.0. The van der Waals surface area contributed by atoms with Crippen molar-refractivity contribution >= 4 is 5.69 Å². The van der Waals surface area contributed by atoms with Crippen LogP contribution >= 0.6 is 0 Å². The van der Waals surface area contributed by atoms with Gasteiger partial charge >= 0.3 is 0 Å². The Hall–Kier alpha value is -2.07. The van der Waals surface area contributed by atoms with Crippen molar-refractivity contribution in [1.29, 1.82) is 0 Å². The maximum atomic E-state index is 11.7. The Morgan fingerprint density at radius 3 is 2.33 bits per heavy atom. The number of H-pyrrole nitrogens is 1. The first kappa shape index (κ1) is 16.8. The number of rotatable bonds is 4. The van der Waals surface area contributed by atoms with Crippen molar-refractivity contribution in [3.8, 4) is 11.3 Å². The van der Waals surface area contributed by atoms with Crippen molar-refractivity contribution < 1.29 is 0 Å². The van der Waals surface area contributed by atoms with Gasteiger partial charge in [-0.3, -0.25) is 4.79 Å². The molecule has 1 aromatic heterocycles. The summed E-state index contributed by atoms with van der Waals surface area (Å²) < 4.78 is 0. The highest BCUT2D eigenvalue weighted by atomic mass is 16.1. The molecule has 0 saturated carbocycles. The molecule has 4 nitrogen and oxygen atoms in total. The highest BCUT2D eigenvalue weighted by Crippen LogP contribution is 2.26. The maximum Gasteiger partial charge on any atom is 0.248 e. The van der Waals surface area contributed by atoms with E-state index in [1.54, 1.807) is 6.07 Å². The molecule has 0 amide bonds. The highest BCUT2D eigenvalue weighted by Gasteiger charge is 2.20. The molecule has 128 valence electrons. The average Bonchev–Trinajstić information content (AvgIpc) is 2.62. The molecule has 4 heteroatoms. The van der Waals surface area contributed by atoms with E-state index >= 15 is 0 Å². The second kappa shape index (κ2) is 7.22. The minimum atomic E-state index is -0.0444. The van der Waals surface area contributed by atoms with Crippen LogP contribution in [-0.4, -0.2) is 43.1 Å². The van der Waals surface area contributed by atoms with Gasteiger partial charge in [-0.05, 0) is 56.6 Å². The average molecular weight is 325 g/mol. The Kier molecular flexibility index (Phi) is 5.05. The number of hydrogen-bond donors (Lipinski definition) is 1. The molecule has 0 unspecified atom stereocenters. The Labute approximate surface area is 144 Å². The van der Waals surface area contributed by atoms with Gasteiger partial charge in [0.15, 0.2) is 0 Å². The third-order valence-corrected chi connectivity index (χ3v) is 5.10. The summed E-state index contributed by atoms with van der Waals surface area (Å²) in [4.78, 5) is 19.4. The summed E-state index contributed by atoms with van der Waals surface area (Å²) in [6.07, 6.45) is 3.33. The second-order valence-electron chi connectivity index (χ2n) is 6.81. The molecule has 1 saturated heterocycles. The van der Waals surface area contributed by atoms with Crippen molar-refractivity contribution in [2.75, 3.05) is 32.1 Å². The summed E-state index contributed by atoms with van der Waals surface area (Å²) in [6, 6.07) is 12.8. The number of aromatic nitrogens is 1. The predicted octanol–water partition coefficient (Wildman–Crippen LogP) is 3.13. The maximum absolute atomic E-state index is 11.7. The Bertz CT molecular complexity index is 725. The molecule has 0 bridgehead atoms. The predicted molar refractivity (Wildman–Crippen MR) is 101 cm³/mol. The third-order valence-electron chi connectivity index (χ3n) is 5.10. The van der Waals surface area contributed by atoms with E-state index in [0.29, 0.717) is 6.04 Å². The van der Waals surface area contributed by atoms with Crippen molar-refractivity contribution in [2.45, 2.75) is 32.2 Å². The largest absolute Gasteiger partial charge is 0.371 e. The first-order valence-electron chi connectivity index (χ1n) is 8.82. The molecule has 2 aromatic rings. The fourth-order valence-electron chi connectivity index (χ4n) is 3.54. The number of piperidine rings is 1. The molecule has 3 rings (SSSR count). The molecule has 1 fully saturated rings. The van der Waals surface area contributed by atoms with Crippen LogP contribution in [0.25, 0.3) is 11.3 Å². The van der Waals surface area contributed by atoms with Crippen LogP contribution < -0.4 is 10.5 Å². The van der Waals surface area contributed by atoms with Gasteiger partial charge in [0.25, 0.3) is 0 Å². The lowest BCUT2D eigenvalue weighted by Gasteiger charge is -2.36. The molecule has 24 heavy (non-hydrogen) atoms. The number of nitrogens with one attached hydrogen (secondary N) is 1. The zero-order valence-corrected chi connectivity index (χ0v) is 14.9. The van der Waals surface area contributed by atoms with Gasteiger partial charge in [0.1, 0.15) is 0 Å². The molecule has 0 atom stereocenters. The molecule has 1 N–H and O–H groups in total. The molecule has 2 heterocycles. The Morgan fingerprint density at radius 1 is 1.08 bits per heavy atom. The topological polar surface area (TPSA) is 39.3 Å². The van der Waals surface area contributed by atoms with Gasteiger partial charge < -0.3 is 14.8 Å². The van der Waals surface area contributed by atoms with Crippen LogP contribution in [-0.2, 0) is 6.42 Å². The first-order valence-corrected chi connectivity index (χ1v) is 8.82. The zero-order chi connectivity index (χ0) is 17.1. The number of anilines is 1. The number of pyridine rings is 1. The van der Waals surface area contributed by atoms with Crippen LogP contribution in [0.5, 0.6) is 0 Å².